The first-order valence-electron chi connectivity index (χ1n) is 5.33. The molecule has 9 heteroatoms. The van der Waals surface area contributed by atoms with Crippen molar-refractivity contribution in [2.75, 3.05) is 0 Å². The quantitative estimate of drug-likeness (QED) is 0.427. The van der Waals surface area contributed by atoms with Crippen molar-refractivity contribution in [1.82, 2.24) is 25.1 Å². The lowest BCUT2D eigenvalue weighted by Gasteiger charge is -1.92. The second kappa shape index (κ2) is 4.69. The second-order valence-corrected chi connectivity index (χ2v) is 4.69. The molecule has 1 aromatic carbocycles. The monoisotopic (exact) mass is 276 g/mol. The van der Waals surface area contributed by atoms with Gasteiger partial charge in [0.15, 0.2) is 5.16 Å². The van der Waals surface area contributed by atoms with E-state index in [0.717, 1.165) is 5.82 Å². The number of hydrogen-bond donors (Lipinski definition) is 2. The molecule has 3 aromatic rings. The van der Waals surface area contributed by atoms with Crippen LogP contribution in [0.2, 0.25) is 0 Å². The summed E-state index contributed by atoms with van der Waals surface area (Å²) in [5, 5.41) is 17.9. The van der Waals surface area contributed by atoms with Gasteiger partial charge in [-0.1, -0.05) is 11.8 Å². The molecule has 8 nitrogen and oxygen atoms in total. The molecule has 19 heavy (non-hydrogen) atoms. The van der Waals surface area contributed by atoms with Crippen molar-refractivity contribution in [3.05, 3.63) is 40.5 Å². The number of benzene rings is 1. The van der Waals surface area contributed by atoms with Gasteiger partial charge in [-0.25, -0.2) is 9.97 Å². The topological polar surface area (TPSA) is 113 Å². The number of fused-ring (bicyclic) bond motifs is 1. The Morgan fingerprint density at radius 2 is 2.32 bits per heavy atom. The van der Waals surface area contributed by atoms with Crippen LogP contribution in [0.1, 0.15) is 5.82 Å². The standard InChI is InChI=1S/C10H8N6O2S/c17-16(18)6-1-2-7-8(3-6)14-9(13-7)4-19-10-11-5-12-15-10/h1-3,5H,4H2,(H,13,14)(H,11,12,15). The highest BCUT2D eigenvalue weighted by Crippen LogP contribution is 2.22. The van der Waals surface area contributed by atoms with Gasteiger partial charge in [0.2, 0.25) is 0 Å². The van der Waals surface area contributed by atoms with Crippen LogP contribution in [-0.2, 0) is 5.75 Å². The van der Waals surface area contributed by atoms with Gasteiger partial charge >= 0.3 is 0 Å². The zero-order valence-corrected chi connectivity index (χ0v) is 10.3. The van der Waals surface area contributed by atoms with Crippen molar-refractivity contribution in [2.24, 2.45) is 0 Å². The molecule has 2 aromatic heterocycles. The Kier molecular flexibility index (Phi) is 2.88. The van der Waals surface area contributed by atoms with E-state index in [2.05, 4.69) is 25.1 Å². The molecule has 96 valence electrons. The molecule has 0 aliphatic rings. The van der Waals surface area contributed by atoms with E-state index < -0.39 is 4.92 Å². The first-order valence-corrected chi connectivity index (χ1v) is 6.32. The molecule has 3 rings (SSSR count). The Bertz CT molecular complexity index is 723. The minimum atomic E-state index is -0.427. The summed E-state index contributed by atoms with van der Waals surface area (Å²) in [4.78, 5) is 21.6. The van der Waals surface area contributed by atoms with Crippen molar-refractivity contribution in [3.8, 4) is 0 Å². The number of non-ortho nitro benzene ring substituents is 1. The Labute approximate surface area is 110 Å². The summed E-state index contributed by atoms with van der Waals surface area (Å²) in [5.74, 6) is 1.31. The molecule has 0 unspecified atom stereocenters. The van der Waals surface area contributed by atoms with E-state index in [1.54, 1.807) is 6.07 Å². The number of aromatic nitrogens is 5. The minimum Gasteiger partial charge on any atom is -0.341 e. The number of nitro benzene ring substituents is 1. The Balaban J connectivity index is 1.83. The third-order valence-corrected chi connectivity index (χ3v) is 3.35. The largest absolute Gasteiger partial charge is 0.341 e. The van der Waals surface area contributed by atoms with Crippen LogP contribution in [0, 0.1) is 10.1 Å². The first-order chi connectivity index (χ1) is 9.22. The maximum Gasteiger partial charge on any atom is 0.271 e. The Morgan fingerprint density at radius 3 is 3.05 bits per heavy atom. The fourth-order valence-corrected chi connectivity index (χ4v) is 2.28. The van der Waals surface area contributed by atoms with Gasteiger partial charge < -0.3 is 4.98 Å². The predicted molar refractivity (Wildman–Crippen MR) is 68.7 cm³/mol. The average Bonchev–Trinajstić information content (AvgIpc) is 3.04. The highest BCUT2D eigenvalue weighted by molar-refractivity contribution is 7.98. The molecule has 0 aliphatic heterocycles. The maximum atomic E-state index is 10.7. The fraction of sp³-hybridized carbons (Fsp3) is 0.100. The number of aromatic amines is 2. The van der Waals surface area contributed by atoms with Crippen LogP contribution in [0.4, 0.5) is 5.69 Å². The molecule has 0 radical (unpaired) electrons. The van der Waals surface area contributed by atoms with E-state index in [0.29, 0.717) is 21.9 Å². The van der Waals surface area contributed by atoms with Crippen molar-refractivity contribution in [3.63, 3.8) is 0 Å². The molecule has 0 spiro atoms. The van der Waals surface area contributed by atoms with Crippen molar-refractivity contribution in [1.29, 1.82) is 0 Å². The smallest absolute Gasteiger partial charge is 0.271 e. The summed E-state index contributed by atoms with van der Waals surface area (Å²) >= 11 is 1.45. The average molecular weight is 276 g/mol. The number of thioether (sulfide) groups is 1. The van der Waals surface area contributed by atoms with Gasteiger partial charge in [0.05, 0.1) is 21.7 Å². The third-order valence-electron chi connectivity index (χ3n) is 2.46. The van der Waals surface area contributed by atoms with Crippen LogP contribution in [0.3, 0.4) is 0 Å². The van der Waals surface area contributed by atoms with E-state index in [9.17, 15) is 10.1 Å². The van der Waals surface area contributed by atoms with Gasteiger partial charge in [-0.2, -0.15) is 5.10 Å². The molecular formula is C10H8N6O2S. The number of nitro groups is 1. The van der Waals surface area contributed by atoms with Gasteiger partial charge in [0.1, 0.15) is 12.2 Å². The summed E-state index contributed by atoms with van der Waals surface area (Å²) in [6, 6.07) is 4.55. The van der Waals surface area contributed by atoms with Crippen LogP contribution >= 0.6 is 11.8 Å². The SMILES string of the molecule is O=[N+]([O-])c1ccc2nc(CSc3ncn[nH]3)[nH]c2c1. The van der Waals surface area contributed by atoms with Crippen molar-refractivity contribution < 1.29 is 4.92 Å². The van der Waals surface area contributed by atoms with Crippen molar-refractivity contribution >= 4 is 28.5 Å². The van der Waals surface area contributed by atoms with Crippen molar-refractivity contribution in [2.45, 2.75) is 10.9 Å². The molecule has 0 bridgehead atoms. The van der Waals surface area contributed by atoms with Crippen LogP contribution < -0.4 is 0 Å². The summed E-state index contributed by atoms with van der Waals surface area (Å²) in [7, 11) is 0. The lowest BCUT2D eigenvalue weighted by Crippen LogP contribution is -1.86. The van der Waals surface area contributed by atoms with E-state index in [1.165, 1.54) is 30.2 Å². The number of rotatable bonds is 4. The highest BCUT2D eigenvalue weighted by atomic mass is 32.2. The number of nitrogens with one attached hydrogen (secondary N) is 2. The maximum absolute atomic E-state index is 10.7. The number of imidazole rings is 1. The molecular weight excluding hydrogens is 268 g/mol. The van der Waals surface area contributed by atoms with Gasteiger partial charge in [0.25, 0.3) is 5.69 Å². The van der Waals surface area contributed by atoms with Crippen LogP contribution in [0.25, 0.3) is 11.0 Å². The van der Waals surface area contributed by atoms with Gasteiger partial charge in [0, 0.05) is 12.1 Å². The Morgan fingerprint density at radius 1 is 1.42 bits per heavy atom. The number of nitrogens with zero attached hydrogens (tertiary/aromatic N) is 4. The minimum absolute atomic E-state index is 0.0468. The predicted octanol–water partition coefficient (Wildman–Crippen LogP) is 1.88. The first kappa shape index (κ1) is 11.7. The summed E-state index contributed by atoms with van der Waals surface area (Å²) < 4.78 is 0. The third kappa shape index (κ3) is 2.40. The molecule has 0 saturated carbocycles. The molecule has 0 aliphatic carbocycles. The Hall–Kier alpha value is -2.42. The second-order valence-electron chi connectivity index (χ2n) is 3.72. The molecule has 0 saturated heterocycles. The zero-order chi connectivity index (χ0) is 13.2. The van der Waals surface area contributed by atoms with Gasteiger partial charge in [-0.15, -0.1) is 0 Å². The van der Waals surface area contributed by atoms with Gasteiger partial charge in [-0.05, 0) is 6.07 Å². The summed E-state index contributed by atoms with van der Waals surface area (Å²) in [6.07, 6.45) is 1.43. The van der Waals surface area contributed by atoms with Crippen LogP contribution in [0.15, 0.2) is 29.7 Å². The number of H-pyrrole nitrogens is 2. The van der Waals surface area contributed by atoms with Crippen LogP contribution in [0.5, 0.6) is 0 Å². The van der Waals surface area contributed by atoms with E-state index in [1.807, 2.05) is 0 Å². The fourth-order valence-electron chi connectivity index (χ4n) is 1.63. The van der Waals surface area contributed by atoms with Crippen LogP contribution in [-0.4, -0.2) is 30.1 Å². The molecule has 2 N–H and O–H groups in total. The van der Waals surface area contributed by atoms with E-state index in [-0.39, 0.29) is 5.69 Å². The highest BCUT2D eigenvalue weighted by Gasteiger charge is 2.10. The van der Waals surface area contributed by atoms with E-state index in [4.69, 9.17) is 0 Å². The normalized spacial score (nSPS) is 10.9. The lowest BCUT2D eigenvalue weighted by molar-refractivity contribution is -0.384. The molecule has 2 heterocycles. The zero-order valence-electron chi connectivity index (χ0n) is 9.53. The molecule has 0 atom stereocenters. The summed E-state index contributed by atoms with van der Waals surface area (Å²) in [5.41, 5.74) is 1.41. The number of hydrogen-bond acceptors (Lipinski definition) is 6. The van der Waals surface area contributed by atoms with E-state index >= 15 is 0 Å². The summed E-state index contributed by atoms with van der Waals surface area (Å²) in [6.45, 7) is 0. The molecule has 0 amide bonds. The lowest BCUT2D eigenvalue weighted by atomic mass is 10.3. The van der Waals surface area contributed by atoms with Gasteiger partial charge in [-0.3, -0.25) is 15.2 Å². The molecule has 0 fully saturated rings.